The molecule has 0 aliphatic carbocycles. The molecule has 6 heteroatoms. The molecule has 0 spiro atoms. The second-order valence-electron chi connectivity index (χ2n) is 7.32. The molecule has 0 amide bonds. The van der Waals surface area contributed by atoms with Gasteiger partial charge in [0.15, 0.2) is 14.6 Å². The van der Waals surface area contributed by atoms with Crippen molar-refractivity contribution in [3.63, 3.8) is 0 Å². The third-order valence-corrected chi connectivity index (χ3v) is 8.74. The predicted molar refractivity (Wildman–Crippen MR) is 94.9 cm³/mol. The van der Waals surface area contributed by atoms with Crippen molar-refractivity contribution < 1.29 is 23.4 Å². The Bertz CT molecular complexity index is 332. The van der Waals surface area contributed by atoms with Gasteiger partial charge in [-0.1, -0.05) is 20.8 Å². The monoisotopic (exact) mass is 348 g/mol. The molecule has 5 nitrogen and oxygen atoms in total. The van der Waals surface area contributed by atoms with Gasteiger partial charge in [0.2, 0.25) is 0 Å². The van der Waals surface area contributed by atoms with Crippen LogP contribution < -0.4 is 0 Å². The van der Waals surface area contributed by atoms with E-state index in [0.717, 1.165) is 0 Å². The number of hydrogen-bond donors (Lipinski definition) is 0. The zero-order valence-electron chi connectivity index (χ0n) is 16.2. The summed E-state index contributed by atoms with van der Waals surface area (Å²) in [7, 11) is -1.83. The second-order valence-corrected chi connectivity index (χ2v) is 12.1. The van der Waals surface area contributed by atoms with Crippen LogP contribution in [-0.4, -0.2) is 47.0 Å². The largest absolute Gasteiger partial charge is 0.465 e. The number of carbonyl (C=O) groups excluding carboxylic acids is 1. The Morgan fingerprint density at radius 2 is 1.57 bits per heavy atom. The summed E-state index contributed by atoms with van der Waals surface area (Å²) < 4.78 is 22.7. The van der Waals surface area contributed by atoms with Crippen LogP contribution in [0.3, 0.4) is 0 Å². The maximum atomic E-state index is 11.1. The molecule has 0 saturated heterocycles. The Morgan fingerprint density at radius 1 is 1.04 bits per heavy atom. The number of carbonyl (C=O) groups is 1. The first-order valence-corrected chi connectivity index (χ1v) is 11.4. The van der Waals surface area contributed by atoms with E-state index in [1.807, 2.05) is 13.8 Å². The molecule has 0 aromatic carbocycles. The Hall–Kier alpha value is -0.433. The first-order valence-electron chi connectivity index (χ1n) is 8.54. The van der Waals surface area contributed by atoms with E-state index < -0.39 is 8.32 Å². The third-order valence-electron chi connectivity index (χ3n) is 4.24. The van der Waals surface area contributed by atoms with Gasteiger partial charge in [-0.15, -0.1) is 0 Å². The molecule has 1 atom stereocenters. The SMILES string of the molecule is CCOC(C[C@@H](COC(C)=O)CO[Si](C)(C)C(C)(C)C)OCC. The third kappa shape index (κ3) is 9.45. The Balaban J connectivity index is 4.75. The Labute approximate surface area is 143 Å². The van der Waals surface area contributed by atoms with Gasteiger partial charge < -0.3 is 18.6 Å². The van der Waals surface area contributed by atoms with Crippen LogP contribution in [0.2, 0.25) is 18.1 Å². The highest BCUT2D eigenvalue weighted by Gasteiger charge is 2.37. The van der Waals surface area contributed by atoms with Crippen molar-refractivity contribution in [1.82, 2.24) is 0 Å². The van der Waals surface area contributed by atoms with E-state index in [2.05, 4.69) is 33.9 Å². The van der Waals surface area contributed by atoms with Crippen LogP contribution in [0.1, 0.15) is 48.0 Å². The first kappa shape index (κ1) is 22.6. The molecule has 23 heavy (non-hydrogen) atoms. The van der Waals surface area contributed by atoms with Crippen molar-refractivity contribution >= 4 is 14.3 Å². The maximum Gasteiger partial charge on any atom is 0.302 e. The van der Waals surface area contributed by atoms with Crippen LogP contribution in [0.4, 0.5) is 0 Å². The van der Waals surface area contributed by atoms with Gasteiger partial charge in [0.1, 0.15) is 0 Å². The van der Waals surface area contributed by atoms with Crippen LogP contribution in [0.5, 0.6) is 0 Å². The molecule has 0 aromatic heterocycles. The standard InChI is InChI=1S/C17H36O5Si/c1-9-19-16(20-10-2)11-15(12-21-14(3)18)13-22-23(7,8)17(4,5)6/h15-16H,9-13H2,1-8H3/t15-/m0/s1. The van der Waals surface area contributed by atoms with Gasteiger partial charge in [-0.05, 0) is 32.0 Å². The number of esters is 1. The van der Waals surface area contributed by atoms with Crippen molar-refractivity contribution in [2.75, 3.05) is 26.4 Å². The van der Waals surface area contributed by atoms with Crippen LogP contribution in [0, 0.1) is 5.92 Å². The summed E-state index contributed by atoms with van der Waals surface area (Å²) in [6.45, 7) is 18.5. The molecule has 0 aliphatic rings. The van der Waals surface area contributed by atoms with Crippen molar-refractivity contribution in [2.24, 2.45) is 5.92 Å². The highest BCUT2D eigenvalue weighted by atomic mass is 28.4. The van der Waals surface area contributed by atoms with Gasteiger partial charge in [0.05, 0.1) is 6.61 Å². The van der Waals surface area contributed by atoms with Gasteiger partial charge in [0.25, 0.3) is 0 Å². The average molecular weight is 349 g/mol. The molecular weight excluding hydrogens is 312 g/mol. The van der Waals surface area contributed by atoms with Gasteiger partial charge in [-0.3, -0.25) is 4.79 Å². The molecule has 0 rings (SSSR count). The van der Waals surface area contributed by atoms with Crippen LogP contribution >= 0.6 is 0 Å². The van der Waals surface area contributed by atoms with Crippen LogP contribution in [0.25, 0.3) is 0 Å². The summed E-state index contributed by atoms with van der Waals surface area (Å²) in [6, 6.07) is 0. The molecule has 0 bridgehead atoms. The molecule has 0 aliphatic heterocycles. The summed E-state index contributed by atoms with van der Waals surface area (Å²) in [4.78, 5) is 11.1. The fourth-order valence-electron chi connectivity index (χ4n) is 1.79. The molecule has 0 aromatic rings. The lowest BCUT2D eigenvalue weighted by Crippen LogP contribution is -2.42. The topological polar surface area (TPSA) is 54.0 Å². The van der Waals surface area contributed by atoms with Crippen molar-refractivity contribution in [1.29, 1.82) is 0 Å². The molecule has 0 radical (unpaired) electrons. The minimum absolute atomic E-state index is 0.0659. The predicted octanol–water partition coefficient (Wildman–Crippen LogP) is 3.98. The summed E-state index contributed by atoms with van der Waals surface area (Å²) in [5, 5.41) is 0.151. The highest BCUT2D eigenvalue weighted by Crippen LogP contribution is 2.37. The fourth-order valence-corrected chi connectivity index (χ4v) is 2.88. The van der Waals surface area contributed by atoms with Gasteiger partial charge in [-0.25, -0.2) is 0 Å². The molecule has 138 valence electrons. The van der Waals surface area contributed by atoms with E-state index in [1.54, 1.807) is 0 Å². The smallest absolute Gasteiger partial charge is 0.302 e. The number of hydrogen-bond acceptors (Lipinski definition) is 5. The number of rotatable bonds is 11. The Morgan fingerprint density at radius 3 is 1.96 bits per heavy atom. The molecule has 0 fully saturated rings. The summed E-state index contributed by atoms with van der Waals surface area (Å²) in [5.74, 6) is -0.206. The van der Waals surface area contributed by atoms with Crippen molar-refractivity contribution in [3.05, 3.63) is 0 Å². The molecule has 0 heterocycles. The second kappa shape index (κ2) is 10.4. The zero-order chi connectivity index (χ0) is 18.1. The highest BCUT2D eigenvalue weighted by molar-refractivity contribution is 6.74. The van der Waals surface area contributed by atoms with E-state index in [-0.39, 0.29) is 23.2 Å². The maximum absolute atomic E-state index is 11.1. The van der Waals surface area contributed by atoms with Gasteiger partial charge >= 0.3 is 5.97 Å². The minimum Gasteiger partial charge on any atom is -0.465 e. The minimum atomic E-state index is -1.83. The lowest BCUT2D eigenvalue weighted by Gasteiger charge is -2.37. The van der Waals surface area contributed by atoms with E-state index in [4.69, 9.17) is 18.6 Å². The first-order chi connectivity index (χ1) is 10.5. The molecular formula is C17H36O5Si. The van der Waals surface area contributed by atoms with Gasteiger partial charge in [0, 0.05) is 39.1 Å². The lowest BCUT2D eigenvalue weighted by atomic mass is 10.1. The van der Waals surface area contributed by atoms with Crippen molar-refractivity contribution in [2.45, 2.75) is 72.4 Å². The molecule has 0 unspecified atom stereocenters. The lowest BCUT2D eigenvalue weighted by molar-refractivity contribution is -0.157. The van der Waals surface area contributed by atoms with E-state index >= 15 is 0 Å². The summed E-state index contributed by atoms with van der Waals surface area (Å²) in [5.41, 5.74) is 0. The normalized spacial score (nSPS) is 14.1. The van der Waals surface area contributed by atoms with Crippen LogP contribution in [0.15, 0.2) is 0 Å². The zero-order valence-corrected chi connectivity index (χ0v) is 17.2. The van der Waals surface area contributed by atoms with Gasteiger partial charge in [-0.2, -0.15) is 0 Å². The van der Waals surface area contributed by atoms with Crippen LogP contribution in [-0.2, 0) is 23.4 Å². The Kier molecular flexibility index (Phi) is 10.2. The molecule has 0 saturated carbocycles. The average Bonchev–Trinajstić information content (AvgIpc) is 2.40. The van der Waals surface area contributed by atoms with Crippen molar-refractivity contribution in [3.8, 4) is 0 Å². The quantitative estimate of drug-likeness (QED) is 0.321. The summed E-state index contributed by atoms with van der Waals surface area (Å²) >= 11 is 0. The fraction of sp³-hybridized carbons (Fsp3) is 0.941. The van der Waals surface area contributed by atoms with E-state index in [1.165, 1.54) is 6.92 Å². The van der Waals surface area contributed by atoms with E-state index in [0.29, 0.717) is 32.8 Å². The summed E-state index contributed by atoms with van der Waals surface area (Å²) in [6.07, 6.45) is 0.373. The number of ether oxygens (including phenoxy) is 3. The van der Waals surface area contributed by atoms with E-state index in [9.17, 15) is 4.79 Å². The molecule has 0 N–H and O–H groups in total.